The summed E-state index contributed by atoms with van der Waals surface area (Å²) in [6.45, 7) is 9.03. The van der Waals surface area contributed by atoms with Crippen molar-refractivity contribution in [2.24, 2.45) is 17.8 Å². The summed E-state index contributed by atoms with van der Waals surface area (Å²) in [5.41, 5.74) is 5.72. The molecule has 0 spiro atoms. The van der Waals surface area contributed by atoms with Gasteiger partial charge in [-0.2, -0.15) is 9.97 Å². The molecule has 9 nitrogen and oxygen atoms in total. The highest BCUT2D eigenvalue weighted by Crippen LogP contribution is 2.61. The molecule has 0 bridgehead atoms. The van der Waals surface area contributed by atoms with Crippen LogP contribution in [0.3, 0.4) is 0 Å². The highest BCUT2D eigenvalue weighted by Gasteiger charge is 2.59. The van der Waals surface area contributed by atoms with E-state index in [1.165, 1.54) is 0 Å². The van der Waals surface area contributed by atoms with Crippen molar-refractivity contribution in [1.82, 2.24) is 19.5 Å². The highest BCUT2D eigenvalue weighted by atomic mass is 35.5. The molecule has 1 aliphatic carbocycles. The number of hydrogen-bond acceptors (Lipinski definition) is 8. The topological polar surface area (TPSA) is 142 Å². The van der Waals surface area contributed by atoms with Crippen LogP contribution in [0.5, 0.6) is 0 Å². The molecule has 0 saturated heterocycles. The second-order valence-electron chi connectivity index (χ2n) is 8.25. The largest absolute Gasteiger partial charge is 0.809 e. The first-order valence-corrected chi connectivity index (χ1v) is 11.1. The summed E-state index contributed by atoms with van der Waals surface area (Å²) in [5.74, 6) is -0.946. The smallest absolute Gasteiger partial charge is 0.223 e. The van der Waals surface area contributed by atoms with Crippen LogP contribution in [0.15, 0.2) is 6.33 Å². The van der Waals surface area contributed by atoms with E-state index in [1.807, 2.05) is 6.92 Å². The van der Waals surface area contributed by atoms with Crippen LogP contribution in [0.4, 0.5) is 5.95 Å². The first-order chi connectivity index (χ1) is 12.8. The Labute approximate surface area is 168 Å². The molecule has 0 aromatic carbocycles. The quantitative estimate of drug-likeness (QED) is 0.518. The molecule has 0 aliphatic heterocycles. The standard InChI is InChI=1S/C17H27ClN5O4P/c1-9(2)17(10(3)4,28(24,25)26)27-16(6-11(16)5)7-23-8-20-12-13(18)21-15(19)22-14(12)23/h8-11H,6-7H2,1-5H3,(H2,19,21,22)(H2,24,25,26)/p-2. The van der Waals surface area contributed by atoms with Crippen molar-refractivity contribution in [3.63, 3.8) is 0 Å². The molecular weight excluding hydrogens is 405 g/mol. The predicted octanol–water partition coefficient (Wildman–Crippen LogP) is 1.78. The highest BCUT2D eigenvalue weighted by molar-refractivity contribution is 7.50. The van der Waals surface area contributed by atoms with Crippen LogP contribution in [0.2, 0.25) is 5.15 Å². The van der Waals surface area contributed by atoms with Gasteiger partial charge in [-0.3, -0.25) is 0 Å². The lowest BCUT2D eigenvalue weighted by molar-refractivity contribution is -0.342. The Morgan fingerprint density at radius 2 is 1.96 bits per heavy atom. The van der Waals surface area contributed by atoms with Gasteiger partial charge in [0.2, 0.25) is 5.95 Å². The molecule has 2 heterocycles. The molecule has 11 heteroatoms. The molecule has 0 amide bonds. The number of imidazole rings is 1. The van der Waals surface area contributed by atoms with E-state index in [1.54, 1.807) is 38.6 Å². The second-order valence-corrected chi connectivity index (χ2v) is 10.3. The van der Waals surface area contributed by atoms with E-state index >= 15 is 0 Å². The zero-order chi connectivity index (χ0) is 21.1. The molecule has 2 aromatic rings. The molecular formula is C17H25ClN5O4P-2. The second kappa shape index (κ2) is 6.92. The van der Waals surface area contributed by atoms with Gasteiger partial charge >= 0.3 is 0 Å². The zero-order valence-corrected chi connectivity index (χ0v) is 18.2. The van der Waals surface area contributed by atoms with Crippen LogP contribution in [-0.2, 0) is 15.8 Å². The molecule has 28 heavy (non-hydrogen) atoms. The molecule has 0 radical (unpaired) electrons. The van der Waals surface area contributed by atoms with E-state index in [2.05, 4.69) is 15.0 Å². The van der Waals surface area contributed by atoms with Gasteiger partial charge in [0.15, 0.2) is 10.8 Å². The minimum Gasteiger partial charge on any atom is -0.809 e. The number of nitrogens with zero attached hydrogens (tertiary/aromatic N) is 4. The SMILES string of the molecule is CC1CC1(Cn1cnc2c(Cl)nc(N)nc21)OC(C(C)C)(C(C)C)P(=O)([O-])[O-]. The zero-order valence-electron chi connectivity index (χ0n) is 16.5. The third-order valence-electron chi connectivity index (χ3n) is 5.72. The maximum absolute atomic E-state index is 12.3. The molecule has 1 fully saturated rings. The van der Waals surface area contributed by atoms with E-state index in [0.717, 1.165) is 0 Å². The molecule has 1 saturated carbocycles. The number of nitrogen functional groups attached to an aromatic ring is 1. The van der Waals surface area contributed by atoms with E-state index in [-0.39, 0.29) is 23.6 Å². The average Bonchev–Trinajstić information content (AvgIpc) is 2.97. The summed E-state index contributed by atoms with van der Waals surface area (Å²) in [4.78, 5) is 37.0. The number of ether oxygens (including phenoxy) is 1. The van der Waals surface area contributed by atoms with Crippen LogP contribution in [0.1, 0.15) is 41.0 Å². The van der Waals surface area contributed by atoms with Crippen molar-refractivity contribution in [3.05, 3.63) is 11.5 Å². The van der Waals surface area contributed by atoms with E-state index in [4.69, 9.17) is 22.1 Å². The molecule has 1 aliphatic rings. The lowest BCUT2D eigenvalue weighted by atomic mass is 9.94. The number of rotatable bonds is 7. The maximum atomic E-state index is 12.3. The Balaban J connectivity index is 2.02. The van der Waals surface area contributed by atoms with Gasteiger partial charge in [0.05, 0.1) is 23.8 Å². The summed E-state index contributed by atoms with van der Waals surface area (Å²) >= 11 is 6.08. The van der Waals surface area contributed by atoms with Gasteiger partial charge in [0, 0.05) is 0 Å². The van der Waals surface area contributed by atoms with Gasteiger partial charge in [-0.15, -0.1) is 0 Å². The Morgan fingerprint density at radius 1 is 1.39 bits per heavy atom. The third-order valence-corrected chi connectivity index (χ3v) is 7.96. The minimum absolute atomic E-state index is 0.0142. The summed E-state index contributed by atoms with van der Waals surface area (Å²) in [6, 6.07) is 0. The van der Waals surface area contributed by atoms with Crippen LogP contribution in [-0.4, -0.2) is 30.5 Å². The lowest BCUT2D eigenvalue weighted by Gasteiger charge is -2.56. The van der Waals surface area contributed by atoms with Crippen LogP contribution >= 0.6 is 19.2 Å². The monoisotopic (exact) mass is 429 g/mol. The summed E-state index contributed by atoms with van der Waals surface area (Å²) in [5, 5.41) is -1.66. The Hall–Kier alpha value is -1.25. The Morgan fingerprint density at radius 3 is 2.43 bits per heavy atom. The first kappa shape index (κ1) is 21.5. The van der Waals surface area contributed by atoms with Gasteiger partial charge < -0.3 is 29.4 Å². The number of halogens is 1. The van der Waals surface area contributed by atoms with Crippen molar-refractivity contribution in [2.45, 2.75) is 58.5 Å². The number of aromatic nitrogens is 4. The summed E-state index contributed by atoms with van der Waals surface area (Å²) < 4.78 is 20.3. The fourth-order valence-corrected chi connectivity index (χ4v) is 5.88. The van der Waals surface area contributed by atoms with E-state index < -0.39 is 30.4 Å². The first-order valence-electron chi connectivity index (χ1n) is 9.20. The predicted molar refractivity (Wildman–Crippen MR) is 102 cm³/mol. The molecule has 2 aromatic heterocycles. The lowest BCUT2D eigenvalue weighted by Crippen LogP contribution is -2.53. The number of fused-ring (bicyclic) bond motifs is 1. The maximum Gasteiger partial charge on any atom is 0.223 e. The molecule has 3 rings (SSSR count). The minimum atomic E-state index is -5.07. The van der Waals surface area contributed by atoms with Crippen LogP contribution in [0.25, 0.3) is 11.2 Å². The molecule has 2 atom stereocenters. The van der Waals surface area contributed by atoms with Gasteiger partial charge in [-0.25, -0.2) is 4.98 Å². The third kappa shape index (κ3) is 3.33. The van der Waals surface area contributed by atoms with E-state index in [0.29, 0.717) is 17.6 Å². The number of nitrogens with two attached hydrogens (primary N) is 1. The van der Waals surface area contributed by atoms with Gasteiger partial charge in [-0.1, -0.05) is 46.2 Å². The molecule has 2 N–H and O–H groups in total. The van der Waals surface area contributed by atoms with Crippen molar-refractivity contribution in [3.8, 4) is 0 Å². The summed E-state index contributed by atoms with van der Waals surface area (Å²) in [7, 11) is -5.07. The normalized spacial score (nSPS) is 23.1. The van der Waals surface area contributed by atoms with Crippen molar-refractivity contribution in [2.75, 3.05) is 5.73 Å². The average molecular weight is 430 g/mol. The van der Waals surface area contributed by atoms with Gasteiger partial charge in [0.1, 0.15) is 5.52 Å². The van der Waals surface area contributed by atoms with Gasteiger partial charge in [-0.05, 0) is 31.8 Å². The fraction of sp³-hybridized carbons (Fsp3) is 0.706. The van der Waals surface area contributed by atoms with Gasteiger partial charge in [0.25, 0.3) is 0 Å². The summed E-state index contributed by atoms with van der Waals surface area (Å²) in [6.07, 6.45) is 2.16. The number of hydrogen-bond donors (Lipinski definition) is 1. The van der Waals surface area contributed by atoms with Crippen molar-refractivity contribution < 1.29 is 19.1 Å². The molecule has 156 valence electrons. The number of anilines is 1. The van der Waals surface area contributed by atoms with Crippen LogP contribution in [0, 0.1) is 17.8 Å². The Kier molecular flexibility index (Phi) is 5.30. The fourth-order valence-electron chi connectivity index (χ4n) is 4.10. The molecule has 2 unspecified atom stereocenters. The van der Waals surface area contributed by atoms with Crippen LogP contribution < -0.4 is 15.5 Å². The van der Waals surface area contributed by atoms with Crippen molar-refractivity contribution >= 4 is 36.3 Å². The Bertz CT molecular complexity index is 935. The van der Waals surface area contributed by atoms with E-state index in [9.17, 15) is 14.4 Å². The van der Waals surface area contributed by atoms with Crippen molar-refractivity contribution in [1.29, 1.82) is 0 Å².